The van der Waals surface area contributed by atoms with Gasteiger partial charge in [0.15, 0.2) is 0 Å². The Morgan fingerprint density at radius 3 is 1.62 bits per heavy atom. The van der Waals surface area contributed by atoms with Gasteiger partial charge in [-0.25, -0.2) is 0 Å². The molecule has 1 N–H and O–H groups in total. The SMILES string of the molecule is CCS(=O)(=O)O.[I-].[Na+]. The van der Waals surface area contributed by atoms with Gasteiger partial charge < -0.3 is 24.0 Å². The van der Waals surface area contributed by atoms with Gasteiger partial charge in [0.05, 0.1) is 5.75 Å². The first-order valence-electron chi connectivity index (χ1n) is 1.51. The zero-order chi connectivity index (χ0) is 5.21. The van der Waals surface area contributed by atoms with E-state index in [9.17, 15) is 8.42 Å². The largest absolute Gasteiger partial charge is 1.00 e. The fraction of sp³-hybridized carbons (Fsp3) is 1.00. The van der Waals surface area contributed by atoms with Crippen LogP contribution in [0.1, 0.15) is 6.92 Å². The van der Waals surface area contributed by atoms with Crippen molar-refractivity contribution in [3.05, 3.63) is 0 Å². The summed E-state index contributed by atoms with van der Waals surface area (Å²) in [7, 11) is -3.66. The van der Waals surface area contributed by atoms with Crippen LogP contribution >= 0.6 is 0 Å². The van der Waals surface area contributed by atoms with Gasteiger partial charge in [-0.15, -0.1) is 0 Å². The zero-order valence-corrected chi connectivity index (χ0v) is 9.73. The van der Waals surface area contributed by atoms with Crippen molar-refractivity contribution in [2.24, 2.45) is 0 Å². The van der Waals surface area contributed by atoms with Crippen molar-refractivity contribution in [1.82, 2.24) is 0 Å². The average molecular weight is 260 g/mol. The molecule has 0 aromatic rings. The molecule has 0 spiro atoms. The van der Waals surface area contributed by atoms with Gasteiger partial charge in [0.25, 0.3) is 10.1 Å². The third kappa shape index (κ3) is 15.6. The van der Waals surface area contributed by atoms with Crippen molar-refractivity contribution in [3.8, 4) is 0 Å². The topological polar surface area (TPSA) is 54.4 Å². The Morgan fingerprint density at radius 2 is 1.62 bits per heavy atom. The fourth-order valence-electron chi connectivity index (χ4n) is 0. The molecule has 3 nitrogen and oxygen atoms in total. The number of hydrogen-bond acceptors (Lipinski definition) is 2. The first-order chi connectivity index (χ1) is 2.56. The molecule has 0 heterocycles. The minimum atomic E-state index is -3.66. The van der Waals surface area contributed by atoms with Crippen LogP contribution in [0.2, 0.25) is 0 Å². The minimum Gasteiger partial charge on any atom is -1.00 e. The molecule has 0 amide bonds. The summed E-state index contributed by atoms with van der Waals surface area (Å²) in [6.45, 7) is 1.37. The van der Waals surface area contributed by atoms with E-state index in [4.69, 9.17) is 4.55 Å². The van der Waals surface area contributed by atoms with Crippen LogP contribution in [0.3, 0.4) is 0 Å². The maximum Gasteiger partial charge on any atom is 1.00 e. The Labute approximate surface area is 88.3 Å². The van der Waals surface area contributed by atoms with Crippen LogP contribution in [-0.4, -0.2) is 18.7 Å². The summed E-state index contributed by atoms with van der Waals surface area (Å²) >= 11 is 0. The van der Waals surface area contributed by atoms with E-state index >= 15 is 0 Å². The maximum absolute atomic E-state index is 9.56. The molecular weight excluding hydrogens is 254 g/mol. The van der Waals surface area contributed by atoms with Crippen LogP contribution < -0.4 is 53.5 Å². The summed E-state index contributed by atoms with van der Waals surface area (Å²) in [5.41, 5.74) is 0. The van der Waals surface area contributed by atoms with Crippen molar-refractivity contribution in [3.63, 3.8) is 0 Å². The molecule has 0 saturated carbocycles. The Morgan fingerprint density at radius 1 is 1.50 bits per heavy atom. The normalized spacial score (nSPS) is 8.75. The van der Waals surface area contributed by atoms with Crippen LogP contribution in [0.5, 0.6) is 0 Å². The van der Waals surface area contributed by atoms with Gasteiger partial charge in [0.1, 0.15) is 0 Å². The molecular formula is C2H6INaO3S. The van der Waals surface area contributed by atoms with Crippen molar-refractivity contribution in [1.29, 1.82) is 0 Å². The van der Waals surface area contributed by atoms with Gasteiger partial charge in [-0.1, -0.05) is 0 Å². The monoisotopic (exact) mass is 260 g/mol. The van der Waals surface area contributed by atoms with E-state index in [-0.39, 0.29) is 59.3 Å². The molecule has 0 atom stereocenters. The molecule has 0 aliphatic rings. The third-order valence-corrected chi connectivity index (χ3v) is 1.09. The maximum atomic E-state index is 9.56. The predicted molar refractivity (Wildman–Crippen MR) is 22.1 cm³/mol. The van der Waals surface area contributed by atoms with E-state index in [2.05, 4.69) is 0 Å². The molecule has 0 aromatic carbocycles. The average Bonchev–Trinajstić information content (AvgIpc) is 1.35. The molecule has 0 bridgehead atoms. The second-order valence-electron chi connectivity index (χ2n) is 0.871. The molecule has 0 saturated heterocycles. The van der Waals surface area contributed by atoms with Crippen LogP contribution in [0.25, 0.3) is 0 Å². The van der Waals surface area contributed by atoms with Crippen molar-refractivity contribution in [2.45, 2.75) is 6.92 Å². The van der Waals surface area contributed by atoms with E-state index in [1.54, 1.807) is 0 Å². The molecule has 0 rings (SSSR count). The summed E-state index contributed by atoms with van der Waals surface area (Å²) in [4.78, 5) is 0. The Bertz CT molecular complexity index is 119. The van der Waals surface area contributed by atoms with Gasteiger partial charge in [-0.05, 0) is 6.92 Å². The summed E-state index contributed by atoms with van der Waals surface area (Å²) in [5, 5.41) is 0. The standard InChI is InChI=1S/C2H6O3S.HI.Na/c1-2-6(3,4)5;;/h2H2,1H3,(H,3,4,5);1H;/q;;+1/p-1. The Hall–Kier alpha value is 1.64. The summed E-state index contributed by atoms with van der Waals surface area (Å²) in [6, 6.07) is 0. The molecule has 0 radical (unpaired) electrons. The first-order valence-corrected chi connectivity index (χ1v) is 3.12. The summed E-state index contributed by atoms with van der Waals surface area (Å²) in [6.07, 6.45) is 0. The van der Waals surface area contributed by atoms with Crippen LogP contribution in [0.4, 0.5) is 0 Å². The van der Waals surface area contributed by atoms with E-state index in [1.165, 1.54) is 6.92 Å². The summed E-state index contributed by atoms with van der Waals surface area (Å²) in [5.74, 6) is -0.201. The van der Waals surface area contributed by atoms with Gasteiger partial charge >= 0.3 is 29.6 Å². The van der Waals surface area contributed by atoms with Crippen molar-refractivity contribution < 1.29 is 66.5 Å². The van der Waals surface area contributed by atoms with E-state index in [1.807, 2.05) is 0 Å². The van der Waals surface area contributed by atoms with Gasteiger partial charge in [-0.3, -0.25) is 4.55 Å². The number of hydrogen-bond donors (Lipinski definition) is 1. The minimum absolute atomic E-state index is 0. The molecule has 0 aliphatic carbocycles. The summed E-state index contributed by atoms with van der Waals surface area (Å²) < 4.78 is 26.9. The second-order valence-corrected chi connectivity index (χ2v) is 2.61. The quantitative estimate of drug-likeness (QED) is 0.290. The van der Waals surface area contributed by atoms with Gasteiger partial charge in [0.2, 0.25) is 0 Å². The number of rotatable bonds is 1. The molecule has 0 unspecified atom stereocenters. The predicted octanol–water partition coefficient (Wildman–Crippen LogP) is -6.10. The molecule has 6 heteroatoms. The van der Waals surface area contributed by atoms with E-state index in [0.717, 1.165) is 0 Å². The second kappa shape index (κ2) is 6.76. The van der Waals surface area contributed by atoms with Crippen LogP contribution in [0.15, 0.2) is 0 Å². The molecule has 8 heavy (non-hydrogen) atoms. The van der Waals surface area contributed by atoms with Crippen LogP contribution in [0, 0.1) is 0 Å². The van der Waals surface area contributed by atoms with Gasteiger partial charge in [-0.2, -0.15) is 8.42 Å². The molecule has 0 aliphatic heterocycles. The molecule has 0 aromatic heterocycles. The molecule has 46 valence electrons. The van der Waals surface area contributed by atoms with Crippen molar-refractivity contribution >= 4 is 10.1 Å². The number of halogens is 1. The fourth-order valence-corrected chi connectivity index (χ4v) is 0. The molecule has 0 fully saturated rings. The van der Waals surface area contributed by atoms with Crippen molar-refractivity contribution in [2.75, 3.05) is 5.75 Å². The Kier molecular flexibility index (Phi) is 13.8. The first kappa shape index (κ1) is 16.3. The van der Waals surface area contributed by atoms with Gasteiger partial charge in [0, 0.05) is 0 Å². The van der Waals surface area contributed by atoms with E-state index < -0.39 is 10.1 Å². The Balaban J connectivity index is -0.000000125. The van der Waals surface area contributed by atoms with Crippen LogP contribution in [-0.2, 0) is 10.1 Å². The third-order valence-electron chi connectivity index (χ3n) is 0.365. The smallest absolute Gasteiger partial charge is 1.00 e. The van der Waals surface area contributed by atoms with E-state index in [0.29, 0.717) is 0 Å². The zero-order valence-electron chi connectivity index (χ0n) is 4.76.